The highest BCUT2D eigenvalue weighted by Gasteiger charge is 2.54. The largest absolute Gasteiger partial charge is 0.479 e. The number of alkyl carbamates (subject to hydrolysis) is 1. The quantitative estimate of drug-likeness (QED) is 0.630. The lowest BCUT2D eigenvalue weighted by Crippen LogP contribution is -2.67. The van der Waals surface area contributed by atoms with Crippen LogP contribution in [0, 0.1) is 0 Å². The van der Waals surface area contributed by atoms with E-state index in [4.69, 9.17) is 4.74 Å². The van der Waals surface area contributed by atoms with E-state index in [-0.39, 0.29) is 18.4 Å². The first-order valence-corrected chi connectivity index (χ1v) is 12.5. The van der Waals surface area contributed by atoms with Crippen molar-refractivity contribution in [1.82, 2.24) is 10.2 Å². The molecule has 35 heavy (non-hydrogen) atoms. The second kappa shape index (κ2) is 9.02. The minimum Gasteiger partial charge on any atom is -0.479 e. The maximum Gasteiger partial charge on any atom is 0.408 e. The normalized spacial score (nSPS) is 19.6. The van der Waals surface area contributed by atoms with Gasteiger partial charge in [0.2, 0.25) is 5.91 Å². The first-order chi connectivity index (χ1) is 16.9. The third-order valence-electron chi connectivity index (χ3n) is 8.33. The number of rotatable bonds is 6. The smallest absolute Gasteiger partial charge is 0.408 e. The summed E-state index contributed by atoms with van der Waals surface area (Å²) in [6.07, 6.45) is 4.55. The summed E-state index contributed by atoms with van der Waals surface area (Å²) in [7, 11) is 1.56. The molecule has 2 saturated carbocycles. The lowest BCUT2D eigenvalue weighted by molar-refractivity contribution is -0.167. The molecule has 0 aliphatic heterocycles. The summed E-state index contributed by atoms with van der Waals surface area (Å²) in [6.45, 7) is 0.166. The number of hydrogen-bond acceptors (Lipinski definition) is 4. The lowest BCUT2D eigenvalue weighted by Gasteiger charge is -2.49. The first kappa shape index (κ1) is 23.4. The van der Waals surface area contributed by atoms with Crippen molar-refractivity contribution in [2.75, 3.05) is 13.7 Å². The van der Waals surface area contributed by atoms with Crippen molar-refractivity contribution in [2.24, 2.45) is 0 Å². The SMILES string of the molecule is CN(C(=O)C1(NC(=O)OCC2c3ccccc3-c3ccccc32)CCCCC1)C1(C(=O)O)CCC1. The Hall–Kier alpha value is -3.35. The van der Waals surface area contributed by atoms with Crippen molar-refractivity contribution in [2.45, 2.75) is 68.4 Å². The van der Waals surface area contributed by atoms with Crippen molar-refractivity contribution in [1.29, 1.82) is 0 Å². The highest BCUT2D eigenvalue weighted by molar-refractivity contribution is 5.94. The van der Waals surface area contributed by atoms with Crippen LogP contribution in [-0.2, 0) is 14.3 Å². The number of aliphatic carboxylic acids is 1. The Bertz CT molecular complexity index is 1100. The molecule has 2 amide bonds. The number of ether oxygens (including phenoxy) is 1. The monoisotopic (exact) mass is 476 g/mol. The van der Waals surface area contributed by atoms with E-state index in [1.165, 1.54) is 4.90 Å². The van der Waals surface area contributed by atoms with E-state index in [0.717, 1.165) is 47.9 Å². The number of nitrogens with zero attached hydrogens (tertiary/aromatic N) is 1. The van der Waals surface area contributed by atoms with Crippen LogP contribution in [0.4, 0.5) is 4.79 Å². The molecule has 0 unspecified atom stereocenters. The Kier molecular flexibility index (Phi) is 6.03. The van der Waals surface area contributed by atoms with Crippen molar-refractivity contribution in [3.8, 4) is 11.1 Å². The van der Waals surface area contributed by atoms with E-state index in [1.807, 2.05) is 24.3 Å². The molecule has 0 bridgehead atoms. The van der Waals surface area contributed by atoms with Crippen molar-refractivity contribution in [3.05, 3.63) is 59.7 Å². The van der Waals surface area contributed by atoms with Gasteiger partial charge in [0.05, 0.1) is 0 Å². The second-order valence-electron chi connectivity index (χ2n) is 10.1. The molecule has 3 aliphatic carbocycles. The van der Waals surface area contributed by atoms with Gasteiger partial charge < -0.3 is 20.1 Å². The molecule has 2 fully saturated rings. The zero-order chi connectivity index (χ0) is 24.6. The molecule has 2 aromatic carbocycles. The molecule has 0 saturated heterocycles. The average molecular weight is 477 g/mol. The van der Waals surface area contributed by atoms with Gasteiger partial charge in [-0.3, -0.25) is 4.79 Å². The van der Waals surface area contributed by atoms with Crippen LogP contribution in [0.15, 0.2) is 48.5 Å². The van der Waals surface area contributed by atoms with E-state index in [0.29, 0.717) is 25.7 Å². The van der Waals surface area contributed by atoms with Crippen LogP contribution >= 0.6 is 0 Å². The molecule has 0 radical (unpaired) electrons. The summed E-state index contributed by atoms with van der Waals surface area (Å²) in [4.78, 5) is 40.1. The molecule has 2 aromatic rings. The fourth-order valence-electron chi connectivity index (χ4n) is 6.10. The van der Waals surface area contributed by atoms with Crippen LogP contribution in [0.5, 0.6) is 0 Å². The van der Waals surface area contributed by atoms with Crippen LogP contribution in [0.3, 0.4) is 0 Å². The van der Waals surface area contributed by atoms with E-state index < -0.39 is 23.1 Å². The van der Waals surface area contributed by atoms with Crippen molar-refractivity contribution >= 4 is 18.0 Å². The standard InChI is InChI=1S/C28H32N2O5/c1-30(28(25(32)33)16-9-17-28)24(31)27(14-7-2-8-15-27)29-26(34)35-18-23-21-12-5-3-10-19(21)20-11-4-6-13-22(20)23/h3-6,10-13,23H,2,7-9,14-18H2,1H3,(H,29,34)(H,32,33). The van der Waals surface area contributed by atoms with Gasteiger partial charge in [0.1, 0.15) is 17.7 Å². The summed E-state index contributed by atoms with van der Waals surface area (Å²) < 4.78 is 5.73. The lowest BCUT2D eigenvalue weighted by atomic mass is 9.73. The molecule has 0 heterocycles. The molecule has 5 rings (SSSR count). The van der Waals surface area contributed by atoms with Gasteiger partial charge in [-0.15, -0.1) is 0 Å². The predicted octanol–water partition coefficient (Wildman–Crippen LogP) is 4.69. The topological polar surface area (TPSA) is 95.9 Å². The molecule has 0 spiro atoms. The Balaban J connectivity index is 1.32. The van der Waals surface area contributed by atoms with E-state index >= 15 is 0 Å². The summed E-state index contributed by atoms with van der Waals surface area (Å²) >= 11 is 0. The number of carboxylic acid groups (broad SMARTS) is 1. The van der Waals surface area contributed by atoms with E-state index in [1.54, 1.807) is 7.05 Å². The number of carbonyl (C=O) groups is 3. The molecule has 0 atom stereocenters. The number of benzene rings is 2. The van der Waals surface area contributed by atoms with Gasteiger partial charge in [0, 0.05) is 13.0 Å². The van der Waals surface area contributed by atoms with Gasteiger partial charge in [0.15, 0.2) is 0 Å². The van der Waals surface area contributed by atoms with Gasteiger partial charge in [-0.2, -0.15) is 0 Å². The molecule has 7 nitrogen and oxygen atoms in total. The first-order valence-electron chi connectivity index (χ1n) is 12.5. The number of hydrogen-bond donors (Lipinski definition) is 2. The van der Waals surface area contributed by atoms with E-state index in [2.05, 4.69) is 29.6 Å². The summed E-state index contributed by atoms with van der Waals surface area (Å²) in [6, 6.07) is 16.3. The summed E-state index contributed by atoms with van der Waals surface area (Å²) in [5.74, 6) is -1.38. The fourth-order valence-corrected chi connectivity index (χ4v) is 6.10. The minimum absolute atomic E-state index is 0.0703. The molecule has 184 valence electrons. The molecule has 2 N–H and O–H groups in total. The van der Waals surface area contributed by atoms with Crippen LogP contribution < -0.4 is 5.32 Å². The highest BCUT2D eigenvalue weighted by Crippen LogP contribution is 2.45. The third-order valence-corrected chi connectivity index (χ3v) is 8.33. The van der Waals surface area contributed by atoms with Crippen LogP contribution in [-0.4, -0.2) is 52.7 Å². The molecule has 0 aromatic heterocycles. The maximum absolute atomic E-state index is 13.7. The number of fused-ring (bicyclic) bond motifs is 3. The van der Waals surface area contributed by atoms with Crippen LogP contribution in [0.2, 0.25) is 0 Å². The van der Waals surface area contributed by atoms with Crippen molar-refractivity contribution < 1.29 is 24.2 Å². The third kappa shape index (κ3) is 3.87. The van der Waals surface area contributed by atoms with Crippen molar-refractivity contribution in [3.63, 3.8) is 0 Å². The Morgan fingerprint density at radius 2 is 1.49 bits per heavy atom. The molecular formula is C28H32N2O5. The number of carbonyl (C=O) groups excluding carboxylic acids is 2. The molecule has 7 heteroatoms. The number of carboxylic acids is 1. The Labute approximate surface area is 205 Å². The average Bonchev–Trinajstić information content (AvgIpc) is 3.15. The van der Waals surface area contributed by atoms with Gasteiger partial charge in [-0.1, -0.05) is 67.8 Å². The Morgan fingerprint density at radius 1 is 0.914 bits per heavy atom. The number of nitrogens with one attached hydrogen (secondary N) is 1. The van der Waals surface area contributed by atoms with E-state index in [9.17, 15) is 19.5 Å². The number of amides is 2. The molecular weight excluding hydrogens is 444 g/mol. The van der Waals surface area contributed by atoms with Gasteiger partial charge in [-0.05, 0) is 54.4 Å². The van der Waals surface area contributed by atoms with Gasteiger partial charge >= 0.3 is 12.1 Å². The molecule has 3 aliphatic rings. The second-order valence-corrected chi connectivity index (χ2v) is 10.1. The Morgan fingerprint density at radius 3 is 2.00 bits per heavy atom. The summed E-state index contributed by atoms with van der Waals surface area (Å²) in [5, 5.41) is 12.7. The van der Waals surface area contributed by atoms with Crippen LogP contribution in [0.1, 0.15) is 68.4 Å². The zero-order valence-electron chi connectivity index (χ0n) is 20.1. The van der Waals surface area contributed by atoms with Crippen LogP contribution in [0.25, 0.3) is 11.1 Å². The van der Waals surface area contributed by atoms with Gasteiger partial charge in [-0.25, -0.2) is 9.59 Å². The number of likely N-dealkylation sites (N-methyl/N-ethyl adjacent to an activating group) is 1. The minimum atomic E-state index is -1.18. The highest BCUT2D eigenvalue weighted by atomic mass is 16.5. The predicted molar refractivity (Wildman–Crippen MR) is 131 cm³/mol. The maximum atomic E-state index is 13.7. The summed E-state index contributed by atoms with van der Waals surface area (Å²) in [5.41, 5.74) is 2.24. The fraction of sp³-hybridized carbons (Fsp3) is 0.464. The zero-order valence-corrected chi connectivity index (χ0v) is 20.1. The van der Waals surface area contributed by atoms with Gasteiger partial charge in [0.25, 0.3) is 0 Å².